The second kappa shape index (κ2) is 8.16. The van der Waals surface area contributed by atoms with Crippen molar-refractivity contribution < 1.29 is 17.9 Å². The number of methoxy groups -OCH3 is 1. The van der Waals surface area contributed by atoms with Gasteiger partial charge in [-0.25, -0.2) is 8.42 Å². The van der Waals surface area contributed by atoms with Gasteiger partial charge in [-0.1, -0.05) is 30.3 Å². The Morgan fingerprint density at radius 3 is 2.55 bits per heavy atom. The molecule has 4 rings (SSSR count). The minimum atomic E-state index is -3.57. The maximum atomic E-state index is 13.2. The normalized spacial score (nSPS) is 15.8. The van der Waals surface area contributed by atoms with E-state index in [1.807, 2.05) is 6.07 Å². The lowest BCUT2D eigenvalue weighted by Crippen LogP contribution is -2.56. The van der Waals surface area contributed by atoms with Crippen molar-refractivity contribution in [3.8, 4) is 16.9 Å². The second-order valence-electron chi connectivity index (χ2n) is 7.69. The van der Waals surface area contributed by atoms with Crippen LogP contribution in [0, 0.1) is 0 Å². The molecule has 31 heavy (non-hydrogen) atoms. The summed E-state index contributed by atoms with van der Waals surface area (Å²) < 4.78 is 33.5. The van der Waals surface area contributed by atoms with Gasteiger partial charge in [-0.05, 0) is 43.5 Å². The summed E-state index contributed by atoms with van der Waals surface area (Å²) in [5, 5.41) is 9.15. The molecule has 0 saturated heterocycles. The summed E-state index contributed by atoms with van der Waals surface area (Å²) in [5.41, 5.74) is 1.28. The number of amides is 1. The minimum absolute atomic E-state index is 0.344. The average Bonchev–Trinajstić information content (AvgIpc) is 3.50. The van der Waals surface area contributed by atoms with E-state index in [1.165, 1.54) is 7.11 Å². The molecule has 3 N–H and O–H groups in total. The third-order valence-electron chi connectivity index (χ3n) is 5.30. The van der Waals surface area contributed by atoms with Crippen LogP contribution in [-0.2, 0) is 15.7 Å². The van der Waals surface area contributed by atoms with Crippen molar-refractivity contribution in [1.82, 2.24) is 20.2 Å². The van der Waals surface area contributed by atoms with Crippen molar-refractivity contribution in [2.24, 2.45) is 0 Å². The van der Waals surface area contributed by atoms with Crippen LogP contribution in [0.4, 0.5) is 0 Å². The predicted molar refractivity (Wildman–Crippen MR) is 117 cm³/mol. The van der Waals surface area contributed by atoms with E-state index in [-0.39, 0.29) is 0 Å². The molecule has 0 aliphatic heterocycles. The van der Waals surface area contributed by atoms with Gasteiger partial charge in [0.15, 0.2) is 0 Å². The molecular weight excluding hydrogens is 416 g/mol. The van der Waals surface area contributed by atoms with Crippen LogP contribution in [0.15, 0.2) is 60.9 Å². The van der Waals surface area contributed by atoms with E-state index in [2.05, 4.69) is 20.2 Å². The van der Waals surface area contributed by atoms with E-state index in [4.69, 9.17) is 4.74 Å². The quantitative estimate of drug-likeness (QED) is 0.466. The zero-order valence-corrected chi connectivity index (χ0v) is 18.1. The molecule has 8 nitrogen and oxygen atoms in total. The first-order chi connectivity index (χ1) is 14.8. The van der Waals surface area contributed by atoms with Crippen molar-refractivity contribution in [3.63, 3.8) is 0 Å². The lowest BCUT2D eigenvalue weighted by atomic mass is 10.0. The highest BCUT2D eigenvalue weighted by atomic mass is 32.2. The molecule has 1 aliphatic carbocycles. The maximum Gasteiger partial charge on any atom is 0.253 e. The third-order valence-corrected chi connectivity index (χ3v) is 7.34. The van der Waals surface area contributed by atoms with Crippen LogP contribution in [0.2, 0.25) is 0 Å². The molecule has 1 atom stereocenters. The number of hydrogen-bond acceptors (Lipinski definition) is 5. The molecule has 162 valence electrons. The number of H-pyrrole nitrogens is 1. The first-order valence-electron chi connectivity index (χ1n) is 9.90. The molecule has 0 bridgehead atoms. The number of aromatic amines is 1. The van der Waals surface area contributed by atoms with Crippen LogP contribution < -0.4 is 14.8 Å². The van der Waals surface area contributed by atoms with Gasteiger partial charge in [0.25, 0.3) is 5.91 Å². The van der Waals surface area contributed by atoms with Crippen LogP contribution in [0.5, 0.6) is 5.75 Å². The van der Waals surface area contributed by atoms with Crippen LogP contribution in [-0.4, -0.2) is 36.9 Å². The molecule has 0 spiro atoms. The van der Waals surface area contributed by atoms with E-state index < -0.39 is 26.8 Å². The molecule has 0 radical (unpaired) electrons. The summed E-state index contributed by atoms with van der Waals surface area (Å²) in [6, 6.07) is 14.0. The van der Waals surface area contributed by atoms with Gasteiger partial charge in [0.1, 0.15) is 11.4 Å². The molecule has 1 saturated carbocycles. The fourth-order valence-corrected chi connectivity index (χ4v) is 5.10. The van der Waals surface area contributed by atoms with E-state index >= 15 is 0 Å². The first kappa shape index (κ1) is 21.1. The van der Waals surface area contributed by atoms with Crippen LogP contribution >= 0.6 is 0 Å². The Kier molecular flexibility index (Phi) is 5.55. The topological polar surface area (TPSA) is 113 Å². The van der Waals surface area contributed by atoms with Crippen molar-refractivity contribution in [3.05, 3.63) is 72.1 Å². The van der Waals surface area contributed by atoms with Gasteiger partial charge < -0.3 is 10.1 Å². The van der Waals surface area contributed by atoms with Gasteiger partial charge in [-0.3, -0.25) is 9.89 Å². The lowest BCUT2D eigenvalue weighted by Gasteiger charge is -2.32. The summed E-state index contributed by atoms with van der Waals surface area (Å²) in [7, 11) is -2.04. The molecule has 1 aromatic heterocycles. The second-order valence-corrected chi connectivity index (χ2v) is 9.65. The van der Waals surface area contributed by atoms with Crippen LogP contribution in [0.3, 0.4) is 0 Å². The number of nitrogens with zero attached hydrogens (tertiary/aromatic N) is 1. The van der Waals surface area contributed by atoms with Gasteiger partial charge in [0.2, 0.25) is 10.0 Å². The van der Waals surface area contributed by atoms with Gasteiger partial charge in [-0.15, -0.1) is 0 Å². The molecular formula is C22H24N4O4S. The molecule has 1 heterocycles. The van der Waals surface area contributed by atoms with Crippen molar-refractivity contribution in [1.29, 1.82) is 0 Å². The summed E-state index contributed by atoms with van der Waals surface area (Å²) in [6.07, 6.45) is 4.65. The average molecular weight is 441 g/mol. The third kappa shape index (κ3) is 4.47. The van der Waals surface area contributed by atoms with E-state index in [9.17, 15) is 13.2 Å². The Labute approximate surface area is 181 Å². The molecule has 1 fully saturated rings. The molecule has 3 aromatic rings. The number of rotatable bonds is 8. The molecule has 1 amide bonds. The Morgan fingerprint density at radius 1 is 1.19 bits per heavy atom. The molecule has 0 unspecified atom stereocenters. The summed E-state index contributed by atoms with van der Waals surface area (Å²) in [4.78, 5) is 13.2. The van der Waals surface area contributed by atoms with Crippen molar-refractivity contribution in [2.45, 2.75) is 30.7 Å². The maximum absolute atomic E-state index is 13.2. The number of nitrogens with one attached hydrogen (secondary N) is 3. The van der Waals surface area contributed by atoms with Gasteiger partial charge in [0, 0.05) is 22.9 Å². The smallest absolute Gasteiger partial charge is 0.253 e. The number of hydrogen-bond donors (Lipinski definition) is 3. The number of carbonyl (C=O) groups excluding carboxylic acids is 1. The zero-order valence-electron chi connectivity index (χ0n) is 17.3. The number of aromatic nitrogens is 2. The molecule has 9 heteroatoms. The Hall–Kier alpha value is -3.17. The Morgan fingerprint density at radius 2 is 1.94 bits per heavy atom. The zero-order chi connectivity index (χ0) is 22.1. The predicted octanol–water partition coefficient (Wildman–Crippen LogP) is 2.77. The number of ether oxygens (including phenoxy) is 1. The van der Waals surface area contributed by atoms with Gasteiger partial charge in [-0.2, -0.15) is 9.82 Å². The lowest BCUT2D eigenvalue weighted by molar-refractivity contribution is 0.0899. The highest BCUT2D eigenvalue weighted by molar-refractivity contribution is 7.90. The Balaban J connectivity index is 1.65. The summed E-state index contributed by atoms with van der Waals surface area (Å²) in [5.74, 6) is 0.0796. The fraction of sp³-hybridized carbons (Fsp3) is 0.273. The number of sulfonamides is 1. The van der Waals surface area contributed by atoms with Crippen LogP contribution in [0.1, 0.15) is 35.7 Å². The summed E-state index contributed by atoms with van der Waals surface area (Å²) >= 11 is 0. The van der Waals surface area contributed by atoms with E-state index in [0.717, 1.165) is 11.1 Å². The van der Waals surface area contributed by atoms with Gasteiger partial charge in [0.05, 0.1) is 18.6 Å². The monoisotopic (exact) mass is 440 g/mol. The number of carbonyl (C=O) groups is 1. The highest BCUT2D eigenvalue weighted by Gasteiger charge is 2.42. The van der Waals surface area contributed by atoms with E-state index in [0.29, 0.717) is 29.7 Å². The largest absolute Gasteiger partial charge is 0.496 e. The molecule has 2 aromatic carbocycles. The van der Waals surface area contributed by atoms with Crippen molar-refractivity contribution >= 4 is 15.9 Å². The summed E-state index contributed by atoms with van der Waals surface area (Å²) in [6.45, 7) is 1.65. The van der Waals surface area contributed by atoms with E-state index in [1.54, 1.807) is 61.8 Å². The number of benzene rings is 2. The molecule has 1 aliphatic rings. The minimum Gasteiger partial charge on any atom is -0.496 e. The van der Waals surface area contributed by atoms with Crippen molar-refractivity contribution in [2.75, 3.05) is 7.11 Å². The first-order valence-corrected chi connectivity index (χ1v) is 11.4. The SMILES string of the molecule is COc1cc(C(=O)N[C@@](C)(NS(=O)(=O)C2CC2)c2ccccc2)ccc1-c1cn[nH]c1. The van der Waals surface area contributed by atoms with Crippen LogP contribution in [0.25, 0.3) is 11.1 Å². The highest BCUT2D eigenvalue weighted by Crippen LogP contribution is 2.32. The standard InChI is InChI=1S/C22H24N4O4S/c1-22(17-6-4-3-5-7-17,26-31(28,29)18-9-10-18)25-21(27)15-8-11-19(20(12-15)30-2)16-13-23-24-14-16/h3-8,11-14,18,26H,9-10H2,1-2H3,(H,23,24)(H,25,27)/t22-/m0/s1. The fourth-order valence-electron chi connectivity index (χ4n) is 3.44. The Bertz CT molecular complexity index is 1180. The van der Waals surface area contributed by atoms with Gasteiger partial charge >= 0.3 is 0 Å².